The van der Waals surface area contributed by atoms with Crippen LogP contribution in [-0.4, -0.2) is 16.9 Å². The molecule has 1 fully saturated rings. The normalized spacial score (nSPS) is 20.6. The Bertz CT molecular complexity index is 557. The minimum Gasteiger partial charge on any atom is -0.349 e. The number of rotatable bonds is 3. The third-order valence-electron chi connectivity index (χ3n) is 3.97. The van der Waals surface area contributed by atoms with Gasteiger partial charge in [0.05, 0.1) is 4.92 Å². The molecule has 0 bridgehead atoms. The molecule has 0 spiro atoms. The molecule has 108 valence electrons. The summed E-state index contributed by atoms with van der Waals surface area (Å²) in [5.41, 5.74) is -0.550. The fourth-order valence-electron chi connectivity index (χ4n) is 2.63. The molecule has 0 radical (unpaired) electrons. The van der Waals surface area contributed by atoms with Crippen molar-refractivity contribution in [2.24, 2.45) is 5.41 Å². The number of nitrogens with one attached hydrogen (secondary N) is 1. The fourth-order valence-corrected chi connectivity index (χ4v) is 2.63. The van der Waals surface area contributed by atoms with Crippen molar-refractivity contribution in [2.45, 2.75) is 39.2 Å². The summed E-state index contributed by atoms with van der Waals surface area (Å²) in [5, 5.41) is 13.6. The molecule has 1 aliphatic rings. The zero-order valence-electron chi connectivity index (χ0n) is 11.5. The predicted octanol–water partition coefficient (Wildman–Crippen LogP) is 3.04. The van der Waals surface area contributed by atoms with Crippen LogP contribution in [0.25, 0.3) is 0 Å². The standard InChI is InChI=1S/C14H17FN2O3/c1-14(2)7-3-4-12(14)16-13(18)9-5-6-10(15)11(8-9)17(19)20/h5-6,8,12H,3-4,7H2,1-2H3,(H,16,18). The van der Waals surface area contributed by atoms with Gasteiger partial charge in [0.25, 0.3) is 5.91 Å². The first-order valence-corrected chi connectivity index (χ1v) is 6.56. The number of nitro groups is 1. The molecule has 0 aliphatic heterocycles. The van der Waals surface area contributed by atoms with E-state index in [0.717, 1.165) is 31.4 Å². The number of halogens is 1. The Labute approximate surface area is 116 Å². The molecule has 2 rings (SSSR count). The van der Waals surface area contributed by atoms with Gasteiger partial charge < -0.3 is 5.32 Å². The van der Waals surface area contributed by atoms with E-state index >= 15 is 0 Å². The van der Waals surface area contributed by atoms with Crippen molar-refractivity contribution >= 4 is 11.6 Å². The minimum atomic E-state index is -0.937. The highest BCUT2D eigenvalue weighted by Crippen LogP contribution is 2.37. The summed E-state index contributed by atoms with van der Waals surface area (Å²) in [6.07, 6.45) is 2.96. The molecule has 1 N–H and O–H groups in total. The second kappa shape index (κ2) is 5.19. The Morgan fingerprint density at radius 1 is 1.50 bits per heavy atom. The summed E-state index contributed by atoms with van der Waals surface area (Å²) in [4.78, 5) is 22.0. The van der Waals surface area contributed by atoms with Gasteiger partial charge >= 0.3 is 5.69 Å². The molecule has 5 nitrogen and oxygen atoms in total. The van der Waals surface area contributed by atoms with Crippen LogP contribution in [0.5, 0.6) is 0 Å². The van der Waals surface area contributed by atoms with Gasteiger partial charge in [-0.15, -0.1) is 0 Å². The maximum atomic E-state index is 13.2. The summed E-state index contributed by atoms with van der Waals surface area (Å²) < 4.78 is 13.2. The van der Waals surface area contributed by atoms with Gasteiger partial charge in [0.1, 0.15) is 0 Å². The molecule has 1 unspecified atom stereocenters. The van der Waals surface area contributed by atoms with E-state index in [4.69, 9.17) is 0 Å². The molecule has 1 aromatic rings. The second-order valence-corrected chi connectivity index (χ2v) is 5.83. The zero-order valence-corrected chi connectivity index (χ0v) is 11.5. The van der Waals surface area contributed by atoms with Crippen LogP contribution in [0.4, 0.5) is 10.1 Å². The molecule has 1 aliphatic carbocycles. The topological polar surface area (TPSA) is 72.2 Å². The number of nitro benzene ring substituents is 1. The average Bonchev–Trinajstić information content (AvgIpc) is 2.68. The summed E-state index contributed by atoms with van der Waals surface area (Å²) in [7, 11) is 0. The highest BCUT2D eigenvalue weighted by Gasteiger charge is 2.35. The highest BCUT2D eigenvalue weighted by atomic mass is 19.1. The minimum absolute atomic E-state index is 0.0155. The van der Waals surface area contributed by atoms with E-state index in [1.165, 1.54) is 6.07 Å². The van der Waals surface area contributed by atoms with Crippen molar-refractivity contribution < 1.29 is 14.1 Å². The average molecular weight is 280 g/mol. The van der Waals surface area contributed by atoms with Crippen molar-refractivity contribution in [2.75, 3.05) is 0 Å². The fraction of sp³-hybridized carbons (Fsp3) is 0.500. The van der Waals surface area contributed by atoms with Gasteiger partial charge in [0.15, 0.2) is 0 Å². The zero-order chi connectivity index (χ0) is 14.9. The van der Waals surface area contributed by atoms with E-state index in [1.807, 2.05) is 0 Å². The Balaban J connectivity index is 2.18. The van der Waals surface area contributed by atoms with Gasteiger partial charge in [-0.1, -0.05) is 20.3 Å². The summed E-state index contributed by atoms with van der Waals surface area (Å²) >= 11 is 0. The van der Waals surface area contributed by atoms with Crippen LogP contribution in [0, 0.1) is 21.3 Å². The number of nitrogens with zero attached hydrogens (tertiary/aromatic N) is 1. The van der Waals surface area contributed by atoms with Crippen LogP contribution in [0.3, 0.4) is 0 Å². The molecular formula is C14H17FN2O3. The molecule has 0 heterocycles. The van der Waals surface area contributed by atoms with Gasteiger partial charge in [0, 0.05) is 17.7 Å². The quantitative estimate of drug-likeness (QED) is 0.683. The smallest absolute Gasteiger partial charge is 0.305 e. The first kappa shape index (κ1) is 14.4. The molecular weight excluding hydrogens is 263 g/mol. The first-order chi connectivity index (χ1) is 9.31. The van der Waals surface area contributed by atoms with E-state index in [9.17, 15) is 19.3 Å². The number of amides is 1. The molecule has 6 heteroatoms. The lowest BCUT2D eigenvalue weighted by molar-refractivity contribution is -0.387. The van der Waals surface area contributed by atoms with Crippen LogP contribution in [0.2, 0.25) is 0 Å². The number of hydrogen-bond donors (Lipinski definition) is 1. The first-order valence-electron chi connectivity index (χ1n) is 6.56. The van der Waals surface area contributed by atoms with Gasteiger partial charge in [-0.25, -0.2) is 0 Å². The maximum absolute atomic E-state index is 13.2. The van der Waals surface area contributed by atoms with Crippen LogP contribution >= 0.6 is 0 Å². The van der Waals surface area contributed by atoms with Crippen LogP contribution < -0.4 is 5.32 Å². The number of hydrogen-bond acceptors (Lipinski definition) is 3. The third-order valence-corrected chi connectivity index (χ3v) is 3.97. The van der Waals surface area contributed by atoms with Crippen molar-refractivity contribution in [3.05, 3.63) is 39.7 Å². The number of carbonyl (C=O) groups excluding carboxylic acids is 1. The SMILES string of the molecule is CC1(C)CCCC1NC(=O)c1ccc(F)c([N+](=O)[O-])c1. The van der Waals surface area contributed by atoms with E-state index in [1.54, 1.807) is 0 Å². The van der Waals surface area contributed by atoms with Crippen molar-refractivity contribution in [3.8, 4) is 0 Å². The van der Waals surface area contributed by atoms with E-state index in [2.05, 4.69) is 19.2 Å². The lowest BCUT2D eigenvalue weighted by Crippen LogP contribution is -2.41. The lowest BCUT2D eigenvalue weighted by Gasteiger charge is -2.27. The van der Waals surface area contributed by atoms with Gasteiger partial charge in [-0.05, 0) is 30.4 Å². The van der Waals surface area contributed by atoms with Crippen LogP contribution in [0.15, 0.2) is 18.2 Å². The Hall–Kier alpha value is -1.98. The number of carbonyl (C=O) groups is 1. The second-order valence-electron chi connectivity index (χ2n) is 5.83. The summed E-state index contributed by atoms with van der Waals surface area (Å²) in [6, 6.07) is 3.23. The molecule has 0 saturated heterocycles. The third kappa shape index (κ3) is 2.79. The molecule has 20 heavy (non-hydrogen) atoms. The van der Waals surface area contributed by atoms with Gasteiger partial charge in [-0.2, -0.15) is 4.39 Å². The van der Waals surface area contributed by atoms with E-state index < -0.39 is 22.3 Å². The molecule has 1 atom stereocenters. The number of benzene rings is 1. The van der Waals surface area contributed by atoms with Crippen LogP contribution in [-0.2, 0) is 0 Å². The monoisotopic (exact) mass is 280 g/mol. The lowest BCUT2D eigenvalue weighted by atomic mass is 9.87. The Morgan fingerprint density at radius 3 is 2.75 bits per heavy atom. The largest absolute Gasteiger partial charge is 0.349 e. The Morgan fingerprint density at radius 2 is 2.20 bits per heavy atom. The molecule has 0 aromatic heterocycles. The summed E-state index contributed by atoms with van der Waals surface area (Å²) in [6.45, 7) is 4.16. The van der Waals surface area contributed by atoms with Crippen molar-refractivity contribution in [1.82, 2.24) is 5.32 Å². The molecule has 1 aromatic carbocycles. The van der Waals surface area contributed by atoms with Crippen LogP contribution in [0.1, 0.15) is 43.5 Å². The molecule has 1 amide bonds. The maximum Gasteiger partial charge on any atom is 0.305 e. The Kier molecular flexibility index (Phi) is 3.74. The summed E-state index contributed by atoms with van der Waals surface area (Å²) in [5.74, 6) is -1.33. The van der Waals surface area contributed by atoms with Crippen molar-refractivity contribution in [3.63, 3.8) is 0 Å². The predicted molar refractivity (Wildman–Crippen MR) is 71.9 cm³/mol. The van der Waals surface area contributed by atoms with Gasteiger partial charge in [-0.3, -0.25) is 14.9 Å². The van der Waals surface area contributed by atoms with E-state index in [0.29, 0.717) is 0 Å². The van der Waals surface area contributed by atoms with Gasteiger partial charge in [0.2, 0.25) is 5.82 Å². The van der Waals surface area contributed by atoms with Crippen molar-refractivity contribution in [1.29, 1.82) is 0 Å². The molecule has 1 saturated carbocycles. The highest BCUT2D eigenvalue weighted by molar-refractivity contribution is 5.95. The van der Waals surface area contributed by atoms with E-state index in [-0.39, 0.29) is 17.0 Å².